The molecule has 33 heavy (non-hydrogen) atoms. The van der Waals surface area contributed by atoms with E-state index in [1.807, 2.05) is 42.5 Å². The predicted octanol–water partition coefficient (Wildman–Crippen LogP) is 3.68. The third-order valence-corrected chi connectivity index (χ3v) is 6.44. The number of hydrogen-bond acceptors (Lipinski definition) is 4. The SMILES string of the molecule is CC1C/C(=C/c2ccccc2)c2nc3ccccc3c(C(=O)N3CCOC(C(N)=O)C3)c2C1. The van der Waals surface area contributed by atoms with Crippen LogP contribution in [0.4, 0.5) is 0 Å². The van der Waals surface area contributed by atoms with Crippen LogP contribution in [0.1, 0.15) is 40.5 Å². The average Bonchev–Trinajstić information content (AvgIpc) is 2.83. The van der Waals surface area contributed by atoms with Crippen molar-refractivity contribution in [3.63, 3.8) is 0 Å². The highest BCUT2D eigenvalue weighted by Crippen LogP contribution is 2.39. The second-order valence-electron chi connectivity index (χ2n) is 8.94. The number of para-hydroxylation sites is 1. The van der Waals surface area contributed by atoms with Crippen molar-refractivity contribution < 1.29 is 14.3 Å². The van der Waals surface area contributed by atoms with E-state index in [1.165, 1.54) is 0 Å². The van der Waals surface area contributed by atoms with Crippen molar-refractivity contribution in [1.82, 2.24) is 9.88 Å². The third kappa shape index (κ3) is 4.14. The molecule has 3 aromatic rings. The number of benzene rings is 2. The largest absolute Gasteiger partial charge is 0.367 e. The Bertz CT molecular complexity index is 1250. The van der Waals surface area contributed by atoms with Crippen molar-refractivity contribution in [1.29, 1.82) is 0 Å². The number of allylic oxidation sites excluding steroid dienone is 1. The van der Waals surface area contributed by atoms with E-state index in [2.05, 4.69) is 25.1 Å². The quantitative estimate of drug-likeness (QED) is 0.672. The lowest BCUT2D eigenvalue weighted by atomic mass is 9.80. The molecular weight excluding hydrogens is 414 g/mol. The van der Waals surface area contributed by atoms with Crippen LogP contribution in [0.2, 0.25) is 0 Å². The fraction of sp³-hybridized carbons (Fsp3) is 0.296. The Hall–Kier alpha value is -3.51. The van der Waals surface area contributed by atoms with E-state index in [1.54, 1.807) is 4.90 Å². The lowest BCUT2D eigenvalue weighted by molar-refractivity contribution is -0.133. The highest BCUT2D eigenvalue weighted by Gasteiger charge is 2.33. The first-order valence-electron chi connectivity index (χ1n) is 11.4. The van der Waals surface area contributed by atoms with Gasteiger partial charge in [-0.1, -0.05) is 55.5 Å². The first kappa shape index (κ1) is 21.3. The van der Waals surface area contributed by atoms with Crippen LogP contribution in [-0.2, 0) is 16.0 Å². The molecule has 0 saturated carbocycles. The van der Waals surface area contributed by atoms with Crippen molar-refractivity contribution in [2.24, 2.45) is 11.7 Å². The van der Waals surface area contributed by atoms with Gasteiger partial charge in [0.25, 0.3) is 5.91 Å². The molecule has 1 aromatic heterocycles. The third-order valence-electron chi connectivity index (χ3n) is 6.44. The Balaban J connectivity index is 1.66. The normalized spacial score (nSPS) is 21.7. The maximum Gasteiger partial charge on any atom is 0.255 e. The molecule has 0 spiro atoms. The summed E-state index contributed by atoms with van der Waals surface area (Å²) in [5.74, 6) is -0.256. The Morgan fingerprint density at radius 1 is 1.09 bits per heavy atom. The summed E-state index contributed by atoms with van der Waals surface area (Å²) >= 11 is 0. The molecule has 6 nitrogen and oxygen atoms in total. The molecule has 2 heterocycles. The zero-order chi connectivity index (χ0) is 22.9. The van der Waals surface area contributed by atoms with Gasteiger partial charge < -0.3 is 15.4 Å². The number of pyridine rings is 1. The lowest BCUT2D eigenvalue weighted by Crippen LogP contribution is -2.50. The summed E-state index contributed by atoms with van der Waals surface area (Å²) in [6, 6.07) is 18.0. The van der Waals surface area contributed by atoms with Gasteiger partial charge in [-0.05, 0) is 47.6 Å². The van der Waals surface area contributed by atoms with Gasteiger partial charge in [0.15, 0.2) is 6.10 Å². The topological polar surface area (TPSA) is 85.5 Å². The molecule has 2 amide bonds. The number of aromatic nitrogens is 1. The van der Waals surface area contributed by atoms with Gasteiger partial charge in [-0.3, -0.25) is 9.59 Å². The van der Waals surface area contributed by atoms with E-state index in [0.29, 0.717) is 24.6 Å². The highest BCUT2D eigenvalue weighted by atomic mass is 16.5. The second-order valence-corrected chi connectivity index (χ2v) is 8.94. The number of carbonyl (C=O) groups is 2. The zero-order valence-electron chi connectivity index (χ0n) is 18.7. The molecule has 0 radical (unpaired) electrons. The van der Waals surface area contributed by atoms with Gasteiger partial charge in [-0.15, -0.1) is 0 Å². The van der Waals surface area contributed by atoms with Crippen LogP contribution >= 0.6 is 0 Å². The summed E-state index contributed by atoms with van der Waals surface area (Å²) in [6.45, 7) is 3.10. The Kier molecular flexibility index (Phi) is 5.68. The highest BCUT2D eigenvalue weighted by molar-refractivity contribution is 6.09. The van der Waals surface area contributed by atoms with Crippen LogP contribution in [0.15, 0.2) is 54.6 Å². The maximum absolute atomic E-state index is 13.9. The number of fused-ring (bicyclic) bond motifs is 2. The number of hydrogen-bond donors (Lipinski definition) is 1. The minimum atomic E-state index is -0.779. The minimum Gasteiger partial charge on any atom is -0.367 e. The van der Waals surface area contributed by atoms with E-state index in [9.17, 15) is 9.59 Å². The molecule has 1 fully saturated rings. The zero-order valence-corrected chi connectivity index (χ0v) is 18.7. The van der Waals surface area contributed by atoms with Crippen molar-refractivity contribution in [2.75, 3.05) is 19.7 Å². The van der Waals surface area contributed by atoms with Crippen molar-refractivity contribution in [2.45, 2.75) is 25.9 Å². The molecule has 1 saturated heterocycles. The van der Waals surface area contributed by atoms with Crippen molar-refractivity contribution in [3.8, 4) is 0 Å². The van der Waals surface area contributed by atoms with E-state index < -0.39 is 12.0 Å². The summed E-state index contributed by atoms with van der Waals surface area (Å²) in [4.78, 5) is 32.3. The van der Waals surface area contributed by atoms with Crippen LogP contribution in [0.3, 0.4) is 0 Å². The Morgan fingerprint density at radius 2 is 1.85 bits per heavy atom. The number of nitrogens with two attached hydrogens (primary N) is 1. The van der Waals surface area contributed by atoms with Crippen LogP contribution in [0.25, 0.3) is 22.6 Å². The second kappa shape index (κ2) is 8.79. The number of primary amides is 1. The molecule has 0 bridgehead atoms. The molecule has 5 rings (SSSR count). The first-order valence-corrected chi connectivity index (χ1v) is 11.4. The molecule has 2 aliphatic rings. The summed E-state index contributed by atoms with van der Waals surface area (Å²) in [6.07, 6.45) is 3.09. The number of amides is 2. The molecule has 2 atom stereocenters. The van der Waals surface area contributed by atoms with Crippen molar-refractivity contribution >= 4 is 34.4 Å². The summed E-state index contributed by atoms with van der Waals surface area (Å²) < 4.78 is 5.47. The van der Waals surface area contributed by atoms with Gasteiger partial charge >= 0.3 is 0 Å². The van der Waals surface area contributed by atoms with Crippen LogP contribution in [0.5, 0.6) is 0 Å². The monoisotopic (exact) mass is 441 g/mol. The summed E-state index contributed by atoms with van der Waals surface area (Å²) in [5.41, 5.74) is 11.1. The van der Waals surface area contributed by atoms with Gasteiger partial charge in [0.2, 0.25) is 5.91 Å². The molecule has 6 heteroatoms. The molecule has 168 valence electrons. The Labute approximate surface area is 193 Å². The predicted molar refractivity (Wildman–Crippen MR) is 128 cm³/mol. The van der Waals surface area contributed by atoms with Crippen LogP contribution in [0, 0.1) is 5.92 Å². The van der Waals surface area contributed by atoms with Gasteiger partial charge in [0.1, 0.15) is 0 Å². The van der Waals surface area contributed by atoms with Gasteiger partial charge in [-0.2, -0.15) is 0 Å². The van der Waals surface area contributed by atoms with Gasteiger partial charge in [0.05, 0.1) is 29.9 Å². The molecule has 1 aliphatic heterocycles. The molecule has 1 aliphatic carbocycles. The van der Waals surface area contributed by atoms with E-state index in [0.717, 1.165) is 46.1 Å². The minimum absolute atomic E-state index is 0.0902. The van der Waals surface area contributed by atoms with Crippen LogP contribution < -0.4 is 5.73 Å². The number of ether oxygens (including phenoxy) is 1. The first-order chi connectivity index (χ1) is 16.0. The molecule has 2 aromatic carbocycles. The van der Waals surface area contributed by atoms with Gasteiger partial charge in [-0.25, -0.2) is 4.98 Å². The lowest BCUT2D eigenvalue weighted by Gasteiger charge is -2.33. The summed E-state index contributed by atoms with van der Waals surface area (Å²) in [7, 11) is 0. The number of carbonyl (C=O) groups excluding carboxylic acids is 2. The number of nitrogens with zero attached hydrogens (tertiary/aromatic N) is 2. The average molecular weight is 442 g/mol. The fourth-order valence-corrected chi connectivity index (χ4v) is 4.89. The van der Waals surface area contributed by atoms with Crippen LogP contribution in [-0.4, -0.2) is 47.5 Å². The standard InChI is InChI=1S/C27H27N3O3/c1-17-13-19(15-18-7-3-2-4-8-18)25-21(14-17)24(20-9-5-6-10-22(20)29-25)27(32)30-11-12-33-23(16-30)26(28)31/h2-10,15,17,23H,11-14,16H2,1H3,(H2,28,31)/b19-15-. The Morgan fingerprint density at radius 3 is 2.64 bits per heavy atom. The van der Waals surface area contributed by atoms with E-state index in [-0.39, 0.29) is 12.5 Å². The number of morpholine rings is 1. The molecule has 2 N–H and O–H groups in total. The van der Waals surface area contributed by atoms with Crippen molar-refractivity contribution in [3.05, 3.63) is 77.0 Å². The summed E-state index contributed by atoms with van der Waals surface area (Å²) in [5, 5.41) is 0.844. The van der Waals surface area contributed by atoms with E-state index >= 15 is 0 Å². The molecule has 2 unspecified atom stereocenters. The smallest absolute Gasteiger partial charge is 0.255 e. The number of rotatable bonds is 3. The van der Waals surface area contributed by atoms with E-state index in [4.69, 9.17) is 15.5 Å². The fourth-order valence-electron chi connectivity index (χ4n) is 4.89. The molecular formula is C27H27N3O3. The van der Waals surface area contributed by atoms with Gasteiger partial charge in [0, 0.05) is 11.9 Å². The maximum atomic E-state index is 13.9.